The number of anilines is 1. The van der Waals surface area contributed by atoms with Crippen LogP contribution in [0.4, 0.5) is 5.82 Å². The molecule has 6 nitrogen and oxygen atoms in total. The van der Waals surface area contributed by atoms with Crippen LogP contribution >= 0.6 is 0 Å². The second kappa shape index (κ2) is 7.83. The Bertz CT molecular complexity index is 1160. The van der Waals surface area contributed by atoms with E-state index >= 15 is 0 Å². The molecule has 0 unspecified atom stereocenters. The molecular weight excluding hydrogens is 366 g/mol. The molecule has 29 heavy (non-hydrogen) atoms. The third kappa shape index (κ3) is 3.74. The maximum Gasteiger partial charge on any atom is 0.306 e. The van der Waals surface area contributed by atoms with Crippen molar-refractivity contribution in [1.82, 2.24) is 9.72 Å². The van der Waals surface area contributed by atoms with Gasteiger partial charge in [-0.15, -0.1) is 0 Å². The van der Waals surface area contributed by atoms with Crippen molar-refractivity contribution in [2.24, 2.45) is 0 Å². The minimum Gasteiger partial charge on any atom is -0.466 e. The highest BCUT2D eigenvalue weighted by Crippen LogP contribution is 2.30. The van der Waals surface area contributed by atoms with E-state index in [-0.39, 0.29) is 5.97 Å². The minimum absolute atomic E-state index is 0.199. The topological polar surface area (TPSA) is 83.3 Å². The molecule has 2 aromatic carbocycles. The van der Waals surface area contributed by atoms with Crippen molar-refractivity contribution >= 4 is 22.8 Å². The summed E-state index contributed by atoms with van der Waals surface area (Å²) >= 11 is 0. The lowest BCUT2D eigenvalue weighted by Gasteiger charge is -2.14. The van der Waals surface area contributed by atoms with Crippen molar-refractivity contribution in [2.75, 3.05) is 12.3 Å². The molecule has 4 aromatic rings. The van der Waals surface area contributed by atoms with Crippen LogP contribution in [0.3, 0.4) is 0 Å². The Morgan fingerprint density at radius 2 is 1.93 bits per heavy atom. The first-order valence-corrected chi connectivity index (χ1v) is 9.65. The fourth-order valence-corrected chi connectivity index (χ4v) is 3.48. The van der Waals surface area contributed by atoms with Crippen LogP contribution in [0.2, 0.25) is 0 Å². The monoisotopic (exact) mass is 389 g/mol. The Balaban J connectivity index is 1.79. The molecule has 0 radical (unpaired) electrons. The van der Waals surface area contributed by atoms with Crippen LogP contribution in [0.15, 0.2) is 59.1 Å². The lowest BCUT2D eigenvalue weighted by Crippen LogP contribution is -2.08. The van der Waals surface area contributed by atoms with Crippen molar-refractivity contribution < 1.29 is 14.1 Å². The van der Waals surface area contributed by atoms with Crippen molar-refractivity contribution in [3.8, 4) is 16.9 Å². The van der Waals surface area contributed by atoms with Gasteiger partial charge in [-0.3, -0.25) is 4.79 Å². The third-order valence-electron chi connectivity index (χ3n) is 4.94. The zero-order valence-electron chi connectivity index (χ0n) is 16.5. The molecule has 6 heteroatoms. The molecule has 2 aromatic heterocycles. The Morgan fingerprint density at radius 3 is 2.69 bits per heavy atom. The minimum atomic E-state index is -0.199. The number of benzene rings is 2. The van der Waals surface area contributed by atoms with Gasteiger partial charge in [0.25, 0.3) is 0 Å². The van der Waals surface area contributed by atoms with E-state index in [1.807, 2.05) is 31.2 Å². The first-order chi connectivity index (χ1) is 14.1. The molecule has 0 aliphatic heterocycles. The van der Waals surface area contributed by atoms with E-state index in [1.54, 1.807) is 0 Å². The van der Waals surface area contributed by atoms with E-state index < -0.39 is 0 Å². The fourth-order valence-electron chi connectivity index (χ4n) is 3.48. The summed E-state index contributed by atoms with van der Waals surface area (Å²) in [6, 6.07) is 18.3. The summed E-state index contributed by atoms with van der Waals surface area (Å²) in [6.45, 7) is 4.27. The molecule has 0 amide bonds. The van der Waals surface area contributed by atoms with Crippen molar-refractivity contribution in [2.45, 2.75) is 26.7 Å². The number of nitrogen functional groups attached to an aromatic ring is 1. The molecule has 0 saturated carbocycles. The number of ether oxygens (including phenoxy) is 1. The van der Waals surface area contributed by atoms with Crippen LogP contribution < -0.4 is 5.73 Å². The highest BCUT2D eigenvalue weighted by molar-refractivity contribution is 5.88. The van der Waals surface area contributed by atoms with Gasteiger partial charge in [-0.25, -0.2) is 0 Å². The summed E-state index contributed by atoms with van der Waals surface area (Å²) in [7, 11) is 0. The number of carbonyl (C=O) groups is 1. The van der Waals surface area contributed by atoms with Gasteiger partial charge < -0.3 is 19.6 Å². The van der Waals surface area contributed by atoms with Gasteiger partial charge in [-0.1, -0.05) is 35.0 Å². The van der Waals surface area contributed by atoms with Gasteiger partial charge in [0.2, 0.25) is 0 Å². The summed E-state index contributed by atoms with van der Waals surface area (Å²) < 4.78 is 12.6. The van der Waals surface area contributed by atoms with Gasteiger partial charge >= 0.3 is 5.97 Å². The number of hydrogen-bond donors (Lipinski definition) is 1. The number of aromatic nitrogens is 2. The van der Waals surface area contributed by atoms with Crippen LogP contribution in [0, 0.1) is 6.92 Å². The third-order valence-corrected chi connectivity index (χ3v) is 4.94. The Labute approximate surface area is 168 Å². The maximum atomic E-state index is 11.9. The lowest BCUT2D eigenvalue weighted by molar-refractivity contribution is -0.143. The molecule has 0 fully saturated rings. The van der Waals surface area contributed by atoms with E-state index in [1.165, 1.54) is 5.56 Å². The average Bonchev–Trinajstić information content (AvgIpc) is 3.31. The van der Waals surface area contributed by atoms with Gasteiger partial charge in [0, 0.05) is 17.4 Å². The van der Waals surface area contributed by atoms with Gasteiger partial charge in [0.1, 0.15) is 0 Å². The standard InChI is InChI=1S/C23H23N3O3/c1-3-28-22(27)13-10-17-9-12-20(16-6-4-15(2)5-7-16)26(17)18-8-11-19-21(14-18)29-25-23(19)24/h4-9,11-12,14H,3,10,13H2,1-2H3,(H2,24,25). The summed E-state index contributed by atoms with van der Waals surface area (Å²) in [5.74, 6) is 0.177. The van der Waals surface area contributed by atoms with Crippen molar-refractivity contribution in [3.05, 3.63) is 65.9 Å². The van der Waals surface area contributed by atoms with Gasteiger partial charge in [0.15, 0.2) is 11.4 Å². The van der Waals surface area contributed by atoms with Crippen LogP contribution in [0.1, 0.15) is 24.6 Å². The Hall–Kier alpha value is -3.54. The summed E-state index contributed by atoms with van der Waals surface area (Å²) in [6.07, 6.45) is 0.893. The maximum absolute atomic E-state index is 11.9. The second-order valence-electron chi connectivity index (χ2n) is 6.96. The first-order valence-electron chi connectivity index (χ1n) is 9.65. The number of carbonyl (C=O) groups excluding carboxylic acids is 1. The number of nitrogens with zero attached hydrogens (tertiary/aromatic N) is 2. The first kappa shape index (κ1) is 18.8. The highest BCUT2D eigenvalue weighted by Gasteiger charge is 2.15. The average molecular weight is 389 g/mol. The molecule has 0 aliphatic rings. The molecule has 4 rings (SSSR count). The van der Waals surface area contributed by atoms with Crippen molar-refractivity contribution in [3.63, 3.8) is 0 Å². The summed E-state index contributed by atoms with van der Waals surface area (Å²) in [5.41, 5.74) is 11.8. The number of hydrogen-bond acceptors (Lipinski definition) is 5. The zero-order valence-corrected chi connectivity index (χ0v) is 16.5. The smallest absolute Gasteiger partial charge is 0.306 e. The van der Waals surface area contributed by atoms with Crippen LogP contribution in [-0.2, 0) is 16.0 Å². The van der Waals surface area contributed by atoms with Crippen LogP contribution in [0.5, 0.6) is 0 Å². The molecular formula is C23H23N3O3. The number of esters is 1. The lowest BCUT2D eigenvalue weighted by atomic mass is 10.1. The molecule has 0 bridgehead atoms. The predicted molar refractivity (Wildman–Crippen MR) is 113 cm³/mol. The second-order valence-corrected chi connectivity index (χ2v) is 6.96. The molecule has 0 saturated heterocycles. The van der Waals surface area contributed by atoms with E-state index in [0.717, 1.165) is 28.0 Å². The normalized spacial score (nSPS) is 11.1. The summed E-state index contributed by atoms with van der Waals surface area (Å²) in [5, 5.41) is 4.63. The molecule has 2 heterocycles. The number of aryl methyl sites for hydroxylation is 2. The van der Waals surface area contributed by atoms with E-state index in [4.69, 9.17) is 15.0 Å². The highest BCUT2D eigenvalue weighted by atomic mass is 16.5. The SMILES string of the molecule is CCOC(=O)CCc1ccc(-c2ccc(C)cc2)n1-c1ccc2c(N)noc2c1. The van der Waals surface area contributed by atoms with Crippen LogP contribution in [-0.4, -0.2) is 22.3 Å². The fraction of sp³-hybridized carbons (Fsp3) is 0.217. The van der Waals surface area contributed by atoms with Gasteiger partial charge in [-0.05, 0) is 50.1 Å². The molecule has 0 spiro atoms. The molecule has 2 N–H and O–H groups in total. The van der Waals surface area contributed by atoms with Gasteiger partial charge in [0.05, 0.1) is 24.1 Å². The summed E-state index contributed by atoms with van der Waals surface area (Å²) in [4.78, 5) is 11.9. The van der Waals surface area contributed by atoms with Crippen LogP contribution in [0.25, 0.3) is 27.9 Å². The molecule has 0 aliphatic carbocycles. The Morgan fingerprint density at radius 1 is 1.14 bits per heavy atom. The molecule has 148 valence electrons. The largest absolute Gasteiger partial charge is 0.466 e. The quantitative estimate of drug-likeness (QED) is 0.485. The number of rotatable bonds is 6. The van der Waals surface area contributed by atoms with Crippen molar-refractivity contribution in [1.29, 1.82) is 0 Å². The predicted octanol–water partition coefficient (Wildman–Crippen LogP) is 4.67. The van der Waals surface area contributed by atoms with E-state index in [0.29, 0.717) is 30.8 Å². The van der Waals surface area contributed by atoms with E-state index in [9.17, 15) is 4.79 Å². The number of fused-ring (bicyclic) bond motifs is 1. The Kier molecular flexibility index (Phi) is 5.08. The van der Waals surface area contributed by atoms with E-state index in [2.05, 4.69) is 47.0 Å². The molecule has 0 atom stereocenters. The van der Waals surface area contributed by atoms with Gasteiger partial charge in [-0.2, -0.15) is 0 Å². The number of nitrogens with two attached hydrogens (primary N) is 1. The zero-order chi connectivity index (χ0) is 20.4.